The van der Waals surface area contributed by atoms with Crippen LogP contribution in [-0.2, 0) is 0 Å². The third-order valence-electron chi connectivity index (χ3n) is 3.30. The highest BCUT2D eigenvalue weighted by molar-refractivity contribution is 7.99. The summed E-state index contributed by atoms with van der Waals surface area (Å²) in [5.74, 6) is 3.53. The molecule has 1 aromatic carbocycles. The van der Waals surface area contributed by atoms with E-state index in [9.17, 15) is 0 Å². The van der Waals surface area contributed by atoms with Crippen LogP contribution in [0.2, 0.25) is 0 Å². The van der Waals surface area contributed by atoms with Crippen molar-refractivity contribution in [3.63, 3.8) is 0 Å². The first-order valence-corrected chi connectivity index (χ1v) is 7.62. The van der Waals surface area contributed by atoms with E-state index in [0.29, 0.717) is 11.7 Å². The summed E-state index contributed by atoms with van der Waals surface area (Å²) in [6.45, 7) is 5.14. The molecule has 100 valence electrons. The molecule has 1 saturated heterocycles. The number of hydrogen-bond donors (Lipinski definition) is 1. The predicted octanol–water partition coefficient (Wildman–Crippen LogP) is 2.73. The Kier molecular flexibility index (Phi) is 3.57. The van der Waals surface area contributed by atoms with E-state index in [1.807, 2.05) is 11.8 Å². The van der Waals surface area contributed by atoms with Crippen LogP contribution in [0.5, 0.6) is 0 Å². The third-order valence-corrected chi connectivity index (χ3v) is 4.36. The lowest BCUT2D eigenvalue weighted by Gasteiger charge is -2.19. The van der Waals surface area contributed by atoms with Crippen molar-refractivity contribution in [2.45, 2.75) is 19.9 Å². The second-order valence-corrected chi connectivity index (χ2v) is 6.01. The van der Waals surface area contributed by atoms with Crippen LogP contribution in [-0.4, -0.2) is 28.2 Å². The van der Waals surface area contributed by atoms with Gasteiger partial charge in [0.05, 0.1) is 6.04 Å². The van der Waals surface area contributed by atoms with E-state index in [1.165, 1.54) is 11.1 Å². The first-order chi connectivity index (χ1) is 9.24. The van der Waals surface area contributed by atoms with Gasteiger partial charge in [-0.25, -0.2) is 0 Å². The second-order valence-electron chi connectivity index (χ2n) is 4.86. The molecule has 2 heterocycles. The summed E-state index contributed by atoms with van der Waals surface area (Å²) in [4.78, 5) is 4.55. The minimum absolute atomic E-state index is 0.185. The van der Waals surface area contributed by atoms with Crippen molar-refractivity contribution in [3.8, 4) is 11.4 Å². The summed E-state index contributed by atoms with van der Waals surface area (Å²) in [6, 6.07) is 6.48. The van der Waals surface area contributed by atoms with Crippen LogP contribution in [0.25, 0.3) is 11.4 Å². The Morgan fingerprint density at radius 2 is 2.26 bits per heavy atom. The molecule has 1 atom stereocenters. The minimum atomic E-state index is 0.185. The highest BCUT2D eigenvalue weighted by Crippen LogP contribution is 2.25. The van der Waals surface area contributed by atoms with Crippen molar-refractivity contribution in [1.29, 1.82) is 0 Å². The normalized spacial score (nSPS) is 19.6. The molecular formula is C14H17N3OS. The molecule has 1 N–H and O–H groups in total. The van der Waals surface area contributed by atoms with E-state index >= 15 is 0 Å². The average Bonchev–Trinajstić information content (AvgIpc) is 2.92. The van der Waals surface area contributed by atoms with E-state index in [2.05, 4.69) is 47.5 Å². The Morgan fingerprint density at radius 1 is 1.37 bits per heavy atom. The molecule has 1 aromatic heterocycles. The molecule has 3 rings (SSSR count). The number of nitrogens with one attached hydrogen (secondary N) is 1. The molecule has 1 aliphatic heterocycles. The van der Waals surface area contributed by atoms with Crippen molar-refractivity contribution in [2.75, 3.05) is 18.1 Å². The molecule has 0 spiro atoms. The smallest absolute Gasteiger partial charge is 0.244 e. The Balaban J connectivity index is 1.89. The number of nitrogens with zero attached hydrogens (tertiary/aromatic N) is 2. The van der Waals surface area contributed by atoms with Crippen LogP contribution < -0.4 is 5.32 Å². The molecule has 0 aliphatic carbocycles. The lowest BCUT2D eigenvalue weighted by Crippen LogP contribution is -2.30. The minimum Gasteiger partial charge on any atom is -0.337 e. The maximum absolute atomic E-state index is 5.42. The second kappa shape index (κ2) is 5.35. The SMILES string of the molecule is Cc1ccc(C)c(-c2noc(C3CSCCN3)n2)c1. The molecule has 0 saturated carbocycles. The predicted molar refractivity (Wildman–Crippen MR) is 77.3 cm³/mol. The molecule has 19 heavy (non-hydrogen) atoms. The van der Waals surface area contributed by atoms with Gasteiger partial charge in [-0.2, -0.15) is 16.7 Å². The van der Waals surface area contributed by atoms with Crippen molar-refractivity contribution >= 4 is 11.8 Å². The zero-order valence-corrected chi connectivity index (χ0v) is 12.0. The maximum atomic E-state index is 5.42. The summed E-state index contributed by atoms with van der Waals surface area (Å²) < 4.78 is 5.42. The highest BCUT2D eigenvalue weighted by atomic mass is 32.2. The van der Waals surface area contributed by atoms with Gasteiger partial charge >= 0.3 is 0 Å². The molecule has 2 aromatic rings. The van der Waals surface area contributed by atoms with Crippen molar-refractivity contribution < 1.29 is 4.52 Å². The maximum Gasteiger partial charge on any atom is 0.244 e. The van der Waals surface area contributed by atoms with Crippen LogP contribution in [0, 0.1) is 13.8 Å². The van der Waals surface area contributed by atoms with Gasteiger partial charge in [0.1, 0.15) is 0 Å². The Bertz CT molecular complexity index is 576. The summed E-state index contributed by atoms with van der Waals surface area (Å²) in [5, 5.41) is 7.54. The third kappa shape index (κ3) is 2.67. The van der Waals surface area contributed by atoms with Crippen LogP contribution in [0.3, 0.4) is 0 Å². The van der Waals surface area contributed by atoms with Gasteiger partial charge in [-0.15, -0.1) is 0 Å². The van der Waals surface area contributed by atoms with Gasteiger partial charge < -0.3 is 9.84 Å². The lowest BCUT2D eigenvalue weighted by atomic mass is 10.1. The molecule has 1 unspecified atom stereocenters. The fourth-order valence-corrected chi connectivity index (χ4v) is 3.11. The van der Waals surface area contributed by atoms with E-state index in [1.54, 1.807) is 0 Å². The molecule has 1 fully saturated rings. The molecule has 0 radical (unpaired) electrons. The van der Waals surface area contributed by atoms with E-state index in [-0.39, 0.29) is 6.04 Å². The van der Waals surface area contributed by atoms with Crippen LogP contribution in [0.1, 0.15) is 23.1 Å². The molecule has 4 nitrogen and oxygen atoms in total. The van der Waals surface area contributed by atoms with Crippen molar-refractivity contribution in [1.82, 2.24) is 15.5 Å². The lowest BCUT2D eigenvalue weighted by molar-refractivity contribution is 0.342. The monoisotopic (exact) mass is 275 g/mol. The summed E-state index contributed by atoms with van der Waals surface area (Å²) in [5.41, 5.74) is 3.43. The topological polar surface area (TPSA) is 51.0 Å². The quantitative estimate of drug-likeness (QED) is 0.913. The number of aromatic nitrogens is 2. The van der Waals surface area contributed by atoms with Crippen LogP contribution in [0.4, 0.5) is 0 Å². The van der Waals surface area contributed by atoms with Crippen LogP contribution in [0.15, 0.2) is 22.7 Å². The number of benzene rings is 1. The Hall–Kier alpha value is -1.33. The van der Waals surface area contributed by atoms with Gasteiger partial charge in [0.25, 0.3) is 0 Å². The summed E-state index contributed by atoms with van der Waals surface area (Å²) >= 11 is 1.92. The molecular weight excluding hydrogens is 258 g/mol. The Morgan fingerprint density at radius 3 is 3.05 bits per heavy atom. The highest BCUT2D eigenvalue weighted by Gasteiger charge is 2.22. The van der Waals surface area contributed by atoms with Gasteiger partial charge in [-0.05, 0) is 25.5 Å². The standard InChI is InChI=1S/C14H17N3OS/c1-9-3-4-10(2)11(7-9)13-16-14(18-17-13)12-8-19-6-5-15-12/h3-4,7,12,15H,5-6,8H2,1-2H3. The fraction of sp³-hybridized carbons (Fsp3) is 0.429. The number of rotatable bonds is 2. The van der Waals surface area contributed by atoms with E-state index < -0.39 is 0 Å². The molecule has 0 amide bonds. The number of thioether (sulfide) groups is 1. The fourth-order valence-electron chi connectivity index (χ4n) is 2.19. The zero-order valence-electron chi connectivity index (χ0n) is 11.1. The van der Waals surface area contributed by atoms with Crippen molar-refractivity contribution in [3.05, 3.63) is 35.2 Å². The van der Waals surface area contributed by atoms with Crippen molar-refractivity contribution in [2.24, 2.45) is 0 Å². The average molecular weight is 275 g/mol. The first-order valence-electron chi connectivity index (χ1n) is 6.46. The Labute approximate surface area is 117 Å². The molecule has 1 aliphatic rings. The molecule has 5 heteroatoms. The van der Waals surface area contributed by atoms with Gasteiger partial charge in [0.15, 0.2) is 0 Å². The number of aryl methyl sites for hydroxylation is 2. The van der Waals surface area contributed by atoms with Gasteiger partial charge in [-0.1, -0.05) is 22.9 Å². The number of hydrogen-bond acceptors (Lipinski definition) is 5. The zero-order chi connectivity index (χ0) is 13.2. The largest absolute Gasteiger partial charge is 0.337 e. The van der Waals surface area contributed by atoms with E-state index in [4.69, 9.17) is 4.52 Å². The van der Waals surface area contributed by atoms with Gasteiger partial charge in [-0.3, -0.25) is 0 Å². The molecule has 0 bridgehead atoms. The summed E-state index contributed by atoms with van der Waals surface area (Å²) in [6.07, 6.45) is 0. The summed E-state index contributed by atoms with van der Waals surface area (Å²) in [7, 11) is 0. The van der Waals surface area contributed by atoms with Gasteiger partial charge in [0, 0.05) is 23.6 Å². The van der Waals surface area contributed by atoms with Crippen LogP contribution >= 0.6 is 11.8 Å². The van der Waals surface area contributed by atoms with E-state index in [0.717, 1.165) is 23.6 Å². The first kappa shape index (κ1) is 12.7. The van der Waals surface area contributed by atoms with Gasteiger partial charge in [0.2, 0.25) is 11.7 Å².